The van der Waals surface area contributed by atoms with E-state index in [2.05, 4.69) is 5.32 Å². The summed E-state index contributed by atoms with van der Waals surface area (Å²) in [5.41, 5.74) is -1.13. The Hall–Kier alpha value is -1.08. The molecule has 1 heterocycles. The van der Waals surface area contributed by atoms with Crippen LogP contribution in [0.15, 0.2) is 12.3 Å². The van der Waals surface area contributed by atoms with Crippen LogP contribution in [-0.4, -0.2) is 51.2 Å². The molecule has 7 heteroatoms. The number of amides is 1. The van der Waals surface area contributed by atoms with Crippen molar-refractivity contribution in [1.82, 2.24) is 9.88 Å². The van der Waals surface area contributed by atoms with Crippen molar-refractivity contribution >= 4 is 17.5 Å². The molecule has 0 aromatic carbocycles. The maximum Gasteiger partial charge on any atom is 0.268 e. The predicted molar refractivity (Wildman–Crippen MR) is 66.6 cm³/mol. The highest BCUT2D eigenvalue weighted by Gasteiger charge is 2.31. The fourth-order valence-electron chi connectivity index (χ4n) is 1.50. The van der Waals surface area contributed by atoms with Crippen LogP contribution in [-0.2, 0) is 6.54 Å². The molecule has 102 valence electrons. The Kier molecular flexibility index (Phi) is 5.15. The Morgan fingerprint density at radius 3 is 2.39 bits per heavy atom. The number of aliphatic hydroxyl groups excluding tert-OH is 3. The quantitative estimate of drug-likeness (QED) is 0.569. The third kappa shape index (κ3) is 3.02. The number of carbonyl (C=O) groups is 1. The Balaban J connectivity index is 2.93. The number of hydrogen-bond donors (Lipinski definition) is 4. The van der Waals surface area contributed by atoms with E-state index in [0.29, 0.717) is 17.3 Å². The average Bonchev–Trinajstić information content (AvgIpc) is 2.77. The monoisotopic (exact) mass is 276 g/mol. The first-order chi connectivity index (χ1) is 8.51. The number of hydrogen-bond acceptors (Lipinski definition) is 4. The molecular formula is C11H17ClN2O4. The number of nitrogens with zero attached hydrogens (tertiary/aromatic N) is 1. The van der Waals surface area contributed by atoms with E-state index in [9.17, 15) is 4.79 Å². The van der Waals surface area contributed by atoms with Crippen molar-refractivity contribution in [2.75, 3.05) is 19.8 Å². The molecule has 0 saturated carbocycles. The Bertz CT molecular complexity index is 407. The SMILES string of the molecule is CCn1cc(Cl)cc1C(=O)NC(CO)(CO)CO. The van der Waals surface area contributed by atoms with Crippen molar-refractivity contribution in [2.45, 2.75) is 19.0 Å². The first-order valence-electron chi connectivity index (χ1n) is 5.52. The molecule has 1 aromatic heterocycles. The summed E-state index contributed by atoms with van der Waals surface area (Å²) in [5.74, 6) is -0.513. The molecule has 4 N–H and O–H groups in total. The normalized spacial score (nSPS) is 11.6. The van der Waals surface area contributed by atoms with Crippen molar-refractivity contribution in [3.63, 3.8) is 0 Å². The third-order valence-electron chi connectivity index (χ3n) is 2.72. The van der Waals surface area contributed by atoms with E-state index in [4.69, 9.17) is 26.9 Å². The van der Waals surface area contributed by atoms with Crippen LogP contribution in [0.2, 0.25) is 5.02 Å². The highest BCUT2D eigenvalue weighted by atomic mass is 35.5. The van der Waals surface area contributed by atoms with Gasteiger partial charge in [0, 0.05) is 12.7 Å². The summed E-state index contributed by atoms with van der Waals surface area (Å²) in [5, 5.41) is 30.2. The van der Waals surface area contributed by atoms with Crippen LogP contribution >= 0.6 is 11.6 Å². The summed E-state index contributed by atoms with van der Waals surface area (Å²) in [6, 6.07) is 1.48. The lowest BCUT2D eigenvalue weighted by Crippen LogP contribution is -2.57. The molecule has 0 bridgehead atoms. The topological polar surface area (TPSA) is 94.7 Å². The smallest absolute Gasteiger partial charge is 0.268 e. The van der Waals surface area contributed by atoms with Crippen molar-refractivity contribution in [1.29, 1.82) is 0 Å². The summed E-state index contributed by atoms with van der Waals surface area (Å²) >= 11 is 5.81. The zero-order valence-electron chi connectivity index (χ0n) is 10.1. The van der Waals surface area contributed by atoms with E-state index in [1.165, 1.54) is 6.07 Å². The number of nitrogens with one attached hydrogen (secondary N) is 1. The molecule has 0 aliphatic carbocycles. The van der Waals surface area contributed by atoms with E-state index in [1.54, 1.807) is 10.8 Å². The number of halogens is 1. The van der Waals surface area contributed by atoms with Crippen LogP contribution in [0.4, 0.5) is 0 Å². The number of aromatic nitrogens is 1. The second-order valence-electron chi connectivity index (χ2n) is 4.04. The zero-order chi connectivity index (χ0) is 13.8. The van der Waals surface area contributed by atoms with E-state index in [1.807, 2.05) is 6.92 Å². The minimum atomic E-state index is -1.44. The minimum Gasteiger partial charge on any atom is -0.394 e. The number of aryl methyl sites for hydroxylation is 1. The van der Waals surface area contributed by atoms with E-state index < -0.39 is 31.3 Å². The van der Waals surface area contributed by atoms with Gasteiger partial charge in [0.2, 0.25) is 0 Å². The Morgan fingerprint density at radius 1 is 1.39 bits per heavy atom. The first kappa shape index (κ1) is 15.0. The van der Waals surface area contributed by atoms with Gasteiger partial charge in [-0.1, -0.05) is 11.6 Å². The molecule has 0 aliphatic heterocycles. The molecule has 0 atom stereocenters. The van der Waals surface area contributed by atoms with Crippen molar-refractivity contribution in [3.8, 4) is 0 Å². The molecule has 6 nitrogen and oxygen atoms in total. The molecule has 0 aliphatic rings. The number of aliphatic hydroxyl groups is 3. The summed E-state index contributed by atoms with van der Waals surface area (Å²) in [6.07, 6.45) is 1.61. The van der Waals surface area contributed by atoms with Crippen LogP contribution in [0.5, 0.6) is 0 Å². The van der Waals surface area contributed by atoms with Gasteiger partial charge in [-0.15, -0.1) is 0 Å². The largest absolute Gasteiger partial charge is 0.394 e. The Morgan fingerprint density at radius 2 is 1.94 bits per heavy atom. The summed E-state index contributed by atoms with van der Waals surface area (Å²) < 4.78 is 1.63. The van der Waals surface area contributed by atoms with Crippen LogP contribution in [0.3, 0.4) is 0 Å². The van der Waals surface area contributed by atoms with E-state index >= 15 is 0 Å². The molecule has 0 fully saturated rings. The van der Waals surface area contributed by atoms with Gasteiger partial charge in [-0.05, 0) is 13.0 Å². The highest BCUT2D eigenvalue weighted by molar-refractivity contribution is 6.31. The van der Waals surface area contributed by atoms with E-state index in [0.717, 1.165) is 0 Å². The molecule has 0 saturated heterocycles. The maximum atomic E-state index is 12.0. The first-order valence-corrected chi connectivity index (χ1v) is 5.90. The van der Waals surface area contributed by atoms with Gasteiger partial charge in [-0.2, -0.15) is 0 Å². The van der Waals surface area contributed by atoms with Crippen LogP contribution in [0.1, 0.15) is 17.4 Å². The predicted octanol–water partition coefficient (Wildman–Crippen LogP) is -0.393. The average molecular weight is 277 g/mol. The van der Waals surface area contributed by atoms with Crippen LogP contribution in [0, 0.1) is 0 Å². The van der Waals surface area contributed by atoms with Crippen LogP contribution in [0.25, 0.3) is 0 Å². The number of carbonyl (C=O) groups excluding carboxylic acids is 1. The second kappa shape index (κ2) is 6.19. The summed E-state index contributed by atoms with van der Waals surface area (Å²) in [6.45, 7) is 0.718. The fourth-order valence-corrected chi connectivity index (χ4v) is 1.72. The van der Waals surface area contributed by atoms with Gasteiger partial charge < -0.3 is 25.2 Å². The molecule has 1 rings (SSSR count). The highest BCUT2D eigenvalue weighted by Crippen LogP contribution is 2.15. The summed E-state index contributed by atoms with van der Waals surface area (Å²) in [4.78, 5) is 12.0. The van der Waals surface area contributed by atoms with Gasteiger partial charge in [0.25, 0.3) is 5.91 Å². The van der Waals surface area contributed by atoms with Crippen molar-refractivity contribution < 1.29 is 20.1 Å². The fraction of sp³-hybridized carbons (Fsp3) is 0.545. The third-order valence-corrected chi connectivity index (χ3v) is 2.93. The molecule has 0 radical (unpaired) electrons. The van der Waals surface area contributed by atoms with Gasteiger partial charge in [0.1, 0.15) is 11.2 Å². The van der Waals surface area contributed by atoms with Gasteiger partial charge in [0.05, 0.1) is 24.8 Å². The van der Waals surface area contributed by atoms with Gasteiger partial charge in [0.15, 0.2) is 0 Å². The molecule has 0 unspecified atom stereocenters. The van der Waals surface area contributed by atoms with Gasteiger partial charge >= 0.3 is 0 Å². The summed E-state index contributed by atoms with van der Waals surface area (Å²) in [7, 11) is 0. The van der Waals surface area contributed by atoms with Crippen LogP contribution < -0.4 is 5.32 Å². The minimum absolute atomic E-state index is 0.308. The van der Waals surface area contributed by atoms with Crippen molar-refractivity contribution in [2.24, 2.45) is 0 Å². The molecular weight excluding hydrogens is 260 g/mol. The molecule has 18 heavy (non-hydrogen) atoms. The van der Waals surface area contributed by atoms with Crippen molar-refractivity contribution in [3.05, 3.63) is 23.0 Å². The molecule has 0 spiro atoms. The van der Waals surface area contributed by atoms with Gasteiger partial charge in [-0.3, -0.25) is 4.79 Å². The standard InChI is InChI=1S/C11H17ClN2O4/c1-2-14-4-8(12)3-9(14)10(18)13-11(5-15,6-16)7-17/h3-4,15-17H,2,5-7H2,1H3,(H,13,18). The number of rotatable bonds is 6. The lowest BCUT2D eigenvalue weighted by atomic mass is 10.0. The second-order valence-corrected chi connectivity index (χ2v) is 4.47. The van der Waals surface area contributed by atoms with Gasteiger partial charge in [-0.25, -0.2) is 0 Å². The molecule has 1 aromatic rings. The lowest BCUT2D eigenvalue weighted by Gasteiger charge is -2.28. The maximum absolute atomic E-state index is 12.0. The zero-order valence-corrected chi connectivity index (χ0v) is 10.8. The Labute approximate surface area is 110 Å². The molecule has 1 amide bonds. The van der Waals surface area contributed by atoms with E-state index in [-0.39, 0.29) is 0 Å². The lowest BCUT2D eigenvalue weighted by molar-refractivity contribution is 0.0371.